The van der Waals surface area contributed by atoms with Gasteiger partial charge in [0.25, 0.3) is 0 Å². The number of allylic oxidation sites excluding steroid dienone is 5. The van der Waals surface area contributed by atoms with E-state index in [-0.39, 0.29) is 0 Å². The molecule has 0 heterocycles. The van der Waals surface area contributed by atoms with Gasteiger partial charge in [-0.2, -0.15) is 0 Å². The maximum atomic E-state index is 3.28. The third kappa shape index (κ3) is 4.79. The molecule has 0 aromatic carbocycles. The molecule has 3 atom stereocenters. The zero-order valence-electron chi connectivity index (χ0n) is 11.7. The molecule has 0 spiro atoms. The zero-order chi connectivity index (χ0) is 12.7. The van der Waals surface area contributed by atoms with Crippen LogP contribution >= 0.6 is 0 Å². The summed E-state index contributed by atoms with van der Waals surface area (Å²) < 4.78 is 0. The molecule has 0 aromatic rings. The summed E-state index contributed by atoms with van der Waals surface area (Å²) in [7, 11) is 0. The van der Waals surface area contributed by atoms with Crippen LogP contribution in [-0.4, -0.2) is 0 Å². The molecule has 1 aliphatic rings. The van der Waals surface area contributed by atoms with Crippen molar-refractivity contribution in [1.29, 1.82) is 0 Å². The van der Waals surface area contributed by atoms with Crippen LogP contribution in [0.3, 0.4) is 0 Å². The number of rotatable bonds is 4. The van der Waals surface area contributed by atoms with Crippen LogP contribution in [0.1, 0.15) is 40.5 Å². The summed E-state index contributed by atoms with van der Waals surface area (Å²) in [5.41, 5.74) is 3.28. The molecule has 0 heteroatoms. The zero-order valence-corrected chi connectivity index (χ0v) is 11.7. The molecule has 3 unspecified atom stereocenters. The van der Waals surface area contributed by atoms with E-state index in [1.807, 2.05) is 6.08 Å². The van der Waals surface area contributed by atoms with Gasteiger partial charge in [0.2, 0.25) is 0 Å². The Labute approximate surface area is 107 Å². The Balaban J connectivity index is 2.88. The van der Waals surface area contributed by atoms with Crippen LogP contribution in [0.25, 0.3) is 0 Å². The van der Waals surface area contributed by atoms with Gasteiger partial charge in [0.1, 0.15) is 0 Å². The van der Waals surface area contributed by atoms with Crippen molar-refractivity contribution < 1.29 is 0 Å². The summed E-state index contributed by atoms with van der Waals surface area (Å²) in [6, 6.07) is 0. The largest absolute Gasteiger partial charge is 0.125 e. The van der Waals surface area contributed by atoms with Crippen molar-refractivity contribution in [3.63, 3.8) is 0 Å². The number of hydrogen-bond acceptors (Lipinski definition) is 0. The highest BCUT2D eigenvalue weighted by Crippen LogP contribution is 2.30. The van der Waals surface area contributed by atoms with Crippen LogP contribution in [-0.2, 0) is 0 Å². The molecule has 0 radical (unpaired) electrons. The Hall–Kier alpha value is -1.00. The highest BCUT2D eigenvalue weighted by atomic mass is 14.3. The van der Waals surface area contributed by atoms with Gasteiger partial charge in [0.05, 0.1) is 0 Å². The molecule has 0 saturated heterocycles. The first-order chi connectivity index (χ1) is 8.15. The van der Waals surface area contributed by atoms with Crippen molar-refractivity contribution in [2.45, 2.75) is 40.5 Å². The highest BCUT2D eigenvalue weighted by Gasteiger charge is 2.21. The first-order valence-corrected chi connectivity index (χ1v) is 6.91. The second-order valence-electron chi connectivity index (χ2n) is 5.42. The summed E-state index contributed by atoms with van der Waals surface area (Å²) in [4.78, 5) is 0. The molecule has 1 rings (SSSR count). The Kier molecular flexibility index (Phi) is 6.08. The van der Waals surface area contributed by atoms with Crippen molar-refractivity contribution in [3.8, 4) is 0 Å². The minimum atomic E-state index is 0.536. The standard InChI is InChI=1S/C17H26/c1-5-15(4)17-11-9-7-6-8-10-16(17)13-12-14(2)3/h6-7,9-10,12-17H,5,11H2,1-4H3. The third-order valence-electron chi connectivity index (χ3n) is 3.61. The van der Waals surface area contributed by atoms with Gasteiger partial charge < -0.3 is 0 Å². The maximum absolute atomic E-state index is 3.28. The molecule has 1 aliphatic carbocycles. The Morgan fingerprint density at radius 1 is 1.35 bits per heavy atom. The molecule has 0 amide bonds. The van der Waals surface area contributed by atoms with E-state index in [9.17, 15) is 0 Å². The second kappa shape index (κ2) is 7.35. The van der Waals surface area contributed by atoms with E-state index in [2.05, 4.69) is 63.8 Å². The van der Waals surface area contributed by atoms with Crippen LogP contribution < -0.4 is 0 Å². The molecule has 17 heavy (non-hydrogen) atoms. The summed E-state index contributed by atoms with van der Waals surface area (Å²) in [5, 5.41) is 0. The van der Waals surface area contributed by atoms with Gasteiger partial charge in [-0.1, -0.05) is 58.4 Å². The predicted molar refractivity (Wildman–Crippen MR) is 76.8 cm³/mol. The third-order valence-corrected chi connectivity index (χ3v) is 3.61. The van der Waals surface area contributed by atoms with Gasteiger partial charge in [-0.15, -0.1) is 5.73 Å². The van der Waals surface area contributed by atoms with Gasteiger partial charge >= 0.3 is 0 Å². The molecular weight excluding hydrogens is 204 g/mol. The lowest BCUT2D eigenvalue weighted by Gasteiger charge is -2.27. The van der Waals surface area contributed by atoms with Gasteiger partial charge in [-0.25, -0.2) is 0 Å². The highest BCUT2D eigenvalue weighted by molar-refractivity contribution is 5.12. The summed E-state index contributed by atoms with van der Waals surface area (Å²) in [6.07, 6.45) is 15.8. The van der Waals surface area contributed by atoms with Crippen LogP contribution in [0.4, 0.5) is 0 Å². The van der Waals surface area contributed by atoms with E-state index in [1.165, 1.54) is 12.8 Å². The van der Waals surface area contributed by atoms with Crippen LogP contribution in [0.15, 0.2) is 42.2 Å². The van der Waals surface area contributed by atoms with Crippen molar-refractivity contribution in [1.82, 2.24) is 0 Å². The van der Waals surface area contributed by atoms with Crippen molar-refractivity contribution >= 4 is 0 Å². The van der Waals surface area contributed by atoms with E-state index in [0.29, 0.717) is 17.8 Å². The quantitative estimate of drug-likeness (QED) is 0.463. The number of hydrogen-bond donors (Lipinski definition) is 0. The lowest BCUT2D eigenvalue weighted by molar-refractivity contribution is 0.306. The Bertz CT molecular complexity index is 324. The fourth-order valence-electron chi connectivity index (χ4n) is 2.27. The smallest absolute Gasteiger partial charge is 0.00563 e. The average Bonchev–Trinajstić information content (AvgIpc) is 2.26. The molecule has 0 aliphatic heterocycles. The molecule has 0 fully saturated rings. The fraction of sp³-hybridized carbons (Fsp3) is 0.588. The van der Waals surface area contributed by atoms with E-state index in [0.717, 1.165) is 5.92 Å². The summed E-state index contributed by atoms with van der Waals surface area (Å²) in [5.74, 6) is 2.64. The topological polar surface area (TPSA) is 0 Å². The van der Waals surface area contributed by atoms with Crippen LogP contribution in [0.2, 0.25) is 0 Å². The maximum Gasteiger partial charge on any atom is 0.00563 e. The predicted octanol–water partition coefficient (Wildman–Crippen LogP) is 5.15. The molecule has 94 valence electrons. The molecule has 0 nitrogen and oxygen atoms in total. The normalized spacial score (nSPS) is 26.4. The van der Waals surface area contributed by atoms with Gasteiger partial charge in [0.15, 0.2) is 0 Å². The second-order valence-corrected chi connectivity index (χ2v) is 5.42. The SMILES string of the molecule is CCC(C)C1CC=CC=C=CC1C=CC(C)C. The van der Waals surface area contributed by atoms with E-state index in [1.54, 1.807) is 0 Å². The van der Waals surface area contributed by atoms with Crippen molar-refractivity contribution in [3.05, 3.63) is 42.2 Å². The lowest BCUT2D eigenvalue weighted by atomic mass is 9.78. The molecule has 0 bridgehead atoms. The molecule has 0 N–H and O–H groups in total. The monoisotopic (exact) mass is 230 g/mol. The summed E-state index contributed by atoms with van der Waals surface area (Å²) in [6.45, 7) is 9.12. The van der Waals surface area contributed by atoms with Crippen molar-refractivity contribution in [2.24, 2.45) is 23.7 Å². The van der Waals surface area contributed by atoms with E-state index >= 15 is 0 Å². The molecule has 0 saturated carbocycles. The van der Waals surface area contributed by atoms with Gasteiger partial charge in [0, 0.05) is 5.92 Å². The minimum Gasteiger partial charge on any atom is -0.125 e. The lowest BCUT2D eigenvalue weighted by Crippen LogP contribution is -2.18. The Morgan fingerprint density at radius 3 is 2.76 bits per heavy atom. The Morgan fingerprint density at radius 2 is 2.12 bits per heavy atom. The van der Waals surface area contributed by atoms with Crippen LogP contribution in [0, 0.1) is 23.7 Å². The first-order valence-electron chi connectivity index (χ1n) is 6.91. The molecule has 0 aromatic heterocycles. The average molecular weight is 230 g/mol. The minimum absolute atomic E-state index is 0.536. The van der Waals surface area contributed by atoms with Gasteiger partial charge in [-0.3, -0.25) is 0 Å². The van der Waals surface area contributed by atoms with E-state index < -0.39 is 0 Å². The van der Waals surface area contributed by atoms with E-state index in [4.69, 9.17) is 0 Å². The van der Waals surface area contributed by atoms with Crippen LogP contribution in [0.5, 0.6) is 0 Å². The van der Waals surface area contributed by atoms with Gasteiger partial charge in [-0.05, 0) is 36.3 Å². The fourth-order valence-corrected chi connectivity index (χ4v) is 2.27. The summed E-state index contributed by atoms with van der Waals surface area (Å²) >= 11 is 0. The van der Waals surface area contributed by atoms with Crippen molar-refractivity contribution in [2.75, 3.05) is 0 Å². The molecular formula is C17H26. The first kappa shape index (κ1) is 14.1.